The molecule has 0 aliphatic heterocycles. The molecule has 0 bridgehead atoms. The van der Waals surface area contributed by atoms with Crippen LogP contribution in [0.15, 0.2) is 0 Å². The summed E-state index contributed by atoms with van der Waals surface area (Å²) in [7, 11) is 0. The summed E-state index contributed by atoms with van der Waals surface area (Å²) in [5, 5.41) is 0. The van der Waals surface area contributed by atoms with Crippen LogP contribution in [0.25, 0.3) is 0 Å². The quantitative estimate of drug-likeness (QED) is 0.676. The topological polar surface area (TPSA) is 26.3 Å². The van der Waals surface area contributed by atoms with Crippen molar-refractivity contribution < 1.29 is 22.7 Å². The van der Waals surface area contributed by atoms with E-state index in [0.717, 1.165) is 0 Å². The van der Waals surface area contributed by atoms with Gasteiger partial charge in [-0.3, -0.25) is 0 Å². The SMILES string of the molecule is CC(C)(C)C(C)(C)COC(=O)C(F)(F)F. The van der Waals surface area contributed by atoms with Crippen LogP contribution in [0.3, 0.4) is 0 Å². The van der Waals surface area contributed by atoms with Crippen LogP contribution >= 0.6 is 0 Å². The lowest BCUT2D eigenvalue weighted by atomic mass is 9.70. The molecule has 0 saturated carbocycles. The summed E-state index contributed by atoms with van der Waals surface area (Å²) >= 11 is 0. The second kappa shape index (κ2) is 4.02. The van der Waals surface area contributed by atoms with Crippen molar-refractivity contribution >= 4 is 5.97 Å². The summed E-state index contributed by atoms with van der Waals surface area (Å²) < 4.78 is 39.8. The second-order valence-electron chi connectivity index (χ2n) is 5.21. The van der Waals surface area contributed by atoms with E-state index < -0.39 is 17.6 Å². The Bertz CT molecular complexity index is 236. The van der Waals surface area contributed by atoms with E-state index >= 15 is 0 Å². The highest BCUT2D eigenvalue weighted by Crippen LogP contribution is 2.38. The number of hydrogen-bond acceptors (Lipinski definition) is 2. The molecule has 15 heavy (non-hydrogen) atoms. The minimum absolute atomic E-state index is 0.237. The Labute approximate surface area is 87.8 Å². The van der Waals surface area contributed by atoms with Gasteiger partial charge in [0, 0.05) is 5.41 Å². The number of rotatable bonds is 2. The first-order valence-corrected chi connectivity index (χ1v) is 4.62. The van der Waals surface area contributed by atoms with Gasteiger partial charge in [0.15, 0.2) is 0 Å². The third kappa shape index (κ3) is 4.10. The summed E-state index contributed by atoms with van der Waals surface area (Å²) in [6, 6.07) is 0. The minimum atomic E-state index is -4.91. The fourth-order valence-corrected chi connectivity index (χ4v) is 0.544. The van der Waals surface area contributed by atoms with Gasteiger partial charge >= 0.3 is 12.1 Å². The molecule has 5 heteroatoms. The van der Waals surface area contributed by atoms with E-state index in [0.29, 0.717) is 0 Å². The van der Waals surface area contributed by atoms with E-state index in [2.05, 4.69) is 4.74 Å². The largest absolute Gasteiger partial charge is 0.490 e. The Morgan fingerprint density at radius 3 is 1.73 bits per heavy atom. The maximum absolute atomic E-state index is 11.8. The Balaban J connectivity index is 4.36. The fourth-order valence-electron chi connectivity index (χ4n) is 0.544. The van der Waals surface area contributed by atoms with Crippen LogP contribution in [-0.4, -0.2) is 18.8 Å². The predicted octanol–water partition coefficient (Wildman–Crippen LogP) is 3.16. The summed E-state index contributed by atoms with van der Waals surface area (Å²) in [6.45, 7) is 8.93. The summed E-state index contributed by atoms with van der Waals surface area (Å²) in [5.41, 5.74) is -0.743. The molecule has 90 valence electrons. The molecule has 0 atom stereocenters. The number of halogens is 3. The standard InChI is InChI=1S/C10H17F3O2/c1-8(2,3)9(4,5)6-15-7(14)10(11,12)13/h6H2,1-5H3. The van der Waals surface area contributed by atoms with Gasteiger partial charge in [0.25, 0.3) is 0 Å². The summed E-state index contributed by atoms with van der Waals surface area (Å²) in [4.78, 5) is 10.5. The zero-order valence-electron chi connectivity index (χ0n) is 9.66. The van der Waals surface area contributed by atoms with E-state index in [-0.39, 0.29) is 12.0 Å². The van der Waals surface area contributed by atoms with Crippen LogP contribution in [0.5, 0.6) is 0 Å². The lowest BCUT2D eigenvalue weighted by Gasteiger charge is -2.38. The molecule has 0 amide bonds. The van der Waals surface area contributed by atoms with Crippen LogP contribution in [0.1, 0.15) is 34.6 Å². The molecule has 0 radical (unpaired) electrons. The van der Waals surface area contributed by atoms with Gasteiger partial charge in [-0.15, -0.1) is 0 Å². The highest BCUT2D eigenvalue weighted by atomic mass is 19.4. The van der Waals surface area contributed by atoms with Crippen molar-refractivity contribution in [2.45, 2.75) is 40.8 Å². The third-order valence-corrected chi connectivity index (χ3v) is 2.83. The van der Waals surface area contributed by atoms with Gasteiger partial charge < -0.3 is 4.74 Å². The molecule has 0 aromatic rings. The van der Waals surface area contributed by atoms with Crippen molar-refractivity contribution in [1.29, 1.82) is 0 Å². The average molecular weight is 226 g/mol. The van der Waals surface area contributed by atoms with Crippen molar-refractivity contribution in [3.63, 3.8) is 0 Å². The monoisotopic (exact) mass is 226 g/mol. The predicted molar refractivity (Wildman–Crippen MR) is 50.3 cm³/mol. The number of esters is 1. The van der Waals surface area contributed by atoms with Gasteiger partial charge in [0.1, 0.15) is 0 Å². The highest BCUT2D eigenvalue weighted by Gasteiger charge is 2.43. The van der Waals surface area contributed by atoms with Crippen molar-refractivity contribution in [2.24, 2.45) is 10.8 Å². The molecule has 0 unspecified atom stereocenters. The molecule has 0 aromatic carbocycles. The normalized spacial score (nSPS) is 13.9. The van der Waals surface area contributed by atoms with Gasteiger partial charge in [-0.25, -0.2) is 4.79 Å². The number of hydrogen-bond donors (Lipinski definition) is 0. The maximum Gasteiger partial charge on any atom is 0.490 e. The van der Waals surface area contributed by atoms with E-state index in [1.54, 1.807) is 13.8 Å². The van der Waals surface area contributed by atoms with Crippen LogP contribution in [0.4, 0.5) is 13.2 Å². The van der Waals surface area contributed by atoms with Crippen LogP contribution in [0.2, 0.25) is 0 Å². The molecule has 0 heterocycles. The lowest BCUT2D eigenvalue weighted by Crippen LogP contribution is -2.37. The van der Waals surface area contributed by atoms with E-state index in [9.17, 15) is 18.0 Å². The number of carbonyl (C=O) groups excluding carboxylic acids is 1. The zero-order chi connectivity index (χ0) is 12.5. The van der Waals surface area contributed by atoms with Crippen LogP contribution < -0.4 is 0 Å². The minimum Gasteiger partial charge on any atom is -0.458 e. The molecular weight excluding hydrogens is 209 g/mol. The maximum atomic E-state index is 11.8. The summed E-state index contributed by atoms with van der Waals surface area (Å²) in [6.07, 6.45) is -4.91. The molecule has 0 saturated heterocycles. The number of alkyl halides is 3. The average Bonchev–Trinajstić information content (AvgIpc) is 1.96. The Hall–Kier alpha value is -0.740. The van der Waals surface area contributed by atoms with Gasteiger partial charge in [-0.2, -0.15) is 13.2 Å². The Morgan fingerprint density at radius 1 is 1.07 bits per heavy atom. The Kier molecular flexibility index (Phi) is 3.82. The highest BCUT2D eigenvalue weighted by molar-refractivity contribution is 5.75. The smallest absolute Gasteiger partial charge is 0.458 e. The summed E-state index contributed by atoms with van der Waals surface area (Å²) in [5.74, 6) is -2.13. The molecular formula is C10H17F3O2. The van der Waals surface area contributed by atoms with Crippen LogP contribution in [0, 0.1) is 10.8 Å². The fraction of sp³-hybridized carbons (Fsp3) is 0.900. The van der Waals surface area contributed by atoms with E-state index in [4.69, 9.17) is 0 Å². The molecule has 0 aromatic heterocycles. The molecule has 2 nitrogen and oxygen atoms in total. The molecule has 0 fully saturated rings. The van der Waals surface area contributed by atoms with Gasteiger partial charge in [-0.1, -0.05) is 34.6 Å². The first-order valence-electron chi connectivity index (χ1n) is 4.62. The van der Waals surface area contributed by atoms with Crippen molar-refractivity contribution in [1.82, 2.24) is 0 Å². The lowest BCUT2D eigenvalue weighted by molar-refractivity contribution is -0.203. The van der Waals surface area contributed by atoms with Crippen LogP contribution in [-0.2, 0) is 9.53 Å². The van der Waals surface area contributed by atoms with Crippen molar-refractivity contribution in [3.8, 4) is 0 Å². The number of carbonyl (C=O) groups is 1. The van der Waals surface area contributed by atoms with Gasteiger partial charge in [0.2, 0.25) is 0 Å². The molecule has 0 aliphatic carbocycles. The van der Waals surface area contributed by atoms with E-state index in [1.165, 1.54) is 0 Å². The van der Waals surface area contributed by atoms with Gasteiger partial charge in [-0.05, 0) is 5.41 Å². The van der Waals surface area contributed by atoms with Gasteiger partial charge in [0.05, 0.1) is 6.61 Å². The van der Waals surface area contributed by atoms with Crippen molar-refractivity contribution in [3.05, 3.63) is 0 Å². The molecule has 0 aliphatic rings. The van der Waals surface area contributed by atoms with E-state index in [1.807, 2.05) is 20.8 Å². The molecule has 0 spiro atoms. The number of ether oxygens (including phenoxy) is 1. The third-order valence-electron chi connectivity index (χ3n) is 2.83. The first-order chi connectivity index (χ1) is 6.38. The molecule has 0 rings (SSSR count). The van der Waals surface area contributed by atoms with Crippen molar-refractivity contribution in [2.75, 3.05) is 6.61 Å². The Morgan fingerprint density at radius 2 is 1.47 bits per heavy atom. The molecule has 0 N–H and O–H groups in total. The zero-order valence-corrected chi connectivity index (χ0v) is 9.66. The second-order valence-corrected chi connectivity index (χ2v) is 5.21. The first kappa shape index (κ1) is 14.3.